The summed E-state index contributed by atoms with van der Waals surface area (Å²) < 4.78 is 0. The van der Waals surface area contributed by atoms with Crippen LogP contribution in [0.1, 0.15) is 32.8 Å². The summed E-state index contributed by atoms with van der Waals surface area (Å²) in [5.41, 5.74) is 7.52. The van der Waals surface area contributed by atoms with Crippen molar-refractivity contribution in [2.24, 2.45) is 5.73 Å². The minimum Gasteiger partial charge on any atom is -0.366 e. The Labute approximate surface area is 194 Å². The number of nitrogens with zero attached hydrogens (tertiary/aromatic N) is 4. The number of aromatic nitrogens is 1. The number of nitrogens with two attached hydrogens (primary N) is 1. The molecule has 2 heterocycles. The number of pyridine rings is 1. The Morgan fingerprint density at radius 1 is 0.970 bits per heavy atom. The lowest BCUT2D eigenvalue weighted by molar-refractivity contribution is 0.0746. The van der Waals surface area contributed by atoms with Gasteiger partial charge >= 0.3 is 0 Å². The molecule has 7 nitrogen and oxygen atoms in total. The van der Waals surface area contributed by atoms with Crippen LogP contribution in [0.5, 0.6) is 0 Å². The molecular weight excluding hydrogens is 414 g/mol. The Hall–Kier alpha value is -3.45. The molecule has 1 aromatic heterocycles. The number of fused-ring (bicyclic) bond motifs is 1. The Kier molecular flexibility index (Phi) is 6.89. The molecule has 0 spiro atoms. The molecule has 0 unspecified atom stereocenters. The van der Waals surface area contributed by atoms with Gasteiger partial charge in [-0.3, -0.25) is 9.59 Å². The summed E-state index contributed by atoms with van der Waals surface area (Å²) in [7, 11) is 4.05. The smallest absolute Gasteiger partial charge is 0.253 e. The third kappa shape index (κ3) is 5.31. The zero-order valence-electron chi connectivity index (χ0n) is 19.3. The molecule has 0 aliphatic carbocycles. The van der Waals surface area contributed by atoms with Crippen molar-refractivity contribution in [2.75, 3.05) is 51.7 Å². The number of piperazine rings is 1. The van der Waals surface area contributed by atoms with Crippen molar-refractivity contribution in [2.45, 2.75) is 12.8 Å². The summed E-state index contributed by atoms with van der Waals surface area (Å²) in [6, 6.07) is 17.6. The highest BCUT2D eigenvalue weighted by Crippen LogP contribution is 2.21. The third-order valence-corrected chi connectivity index (χ3v) is 6.13. The molecule has 172 valence electrons. The lowest BCUT2D eigenvalue weighted by Crippen LogP contribution is -2.49. The maximum absolute atomic E-state index is 13.1. The maximum atomic E-state index is 13.1. The van der Waals surface area contributed by atoms with E-state index in [2.05, 4.69) is 9.80 Å². The minimum atomic E-state index is -0.445. The highest BCUT2D eigenvalue weighted by Gasteiger charge is 2.24. The van der Waals surface area contributed by atoms with Crippen molar-refractivity contribution in [1.82, 2.24) is 14.8 Å². The molecule has 2 aromatic carbocycles. The first-order valence-electron chi connectivity index (χ1n) is 11.4. The van der Waals surface area contributed by atoms with E-state index in [0.717, 1.165) is 35.2 Å². The largest absolute Gasteiger partial charge is 0.366 e. The van der Waals surface area contributed by atoms with Crippen LogP contribution in [0.3, 0.4) is 0 Å². The maximum Gasteiger partial charge on any atom is 0.253 e. The predicted molar refractivity (Wildman–Crippen MR) is 132 cm³/mol. The molecule has 2 N–H and O–H groups in total. The van der Waals surface area contributed by atoms with Gasteiger partial charge in [-0.2, -0.15) is 0 Å². The van der Waals surface area contributed by atoms with E-state index in [0.29, 0.717) is 43.7 Å². The number of carbonyl (C=O) groups excluding carboxylic acids is 2. The first kappa shape index (κ1) is 22.7. The number of aryl methyl sites for hydroxylation is 1. The summed E-state index contributed by atoms with van der Waals surface area (Å²) in [5, 5.41) is 2.20. The standard InChI is InChI=1S/C26H31N5O2/c1-29(2)13-5-8-23-22(25(27)32)11-12-24(28-23)30-14-16-31(17-15-30)26(33)21-10-9-19-6-3-4-7-20(19)18-21/h3-4,6-7,9-12,18H,5,8,13-17H2,1-2H3,(H2,27,32). The Balaban J connectivity index is 1.43. The molecule has 1 fully saturated rings. The van der Waals surface area contributed by atoms with E-state index < -0.39 is 5.91 Å². The van der Waals surface area contributed by atoms with E-state index in [-0.39, 0.29) is 5.91 Å². The number of benzene rings is 2. The summed E-state index contributed by atoms with van der Waals surface area (Å²) in [5.74, 6) is 0.444. The second kappa shape index (κ2) is 10.0. The van der Waals surface area contributed by atoms with Crippen LogP contribution in [0.4, 0.5) is 5.82 Å². The number of amides is 2. The van der Waals surface area contributed by atoms with Crippen LogP contribution in [-0.2, 0) is 6.42 Å². The molecule has 2 amide bonds. The summed E-state index contributed by atoms with van der Waals surface area (Å²) >= 11 is 0. The van der Waals surface area contributed by atoms with Gasteiger partial charge in [0.1, 0.15) is 5.82 Å². The van der Waals surface area contributed by atoms with Crippen molar-refractivity contribution >= 4 is 28.4 Å². The van der Waals surface area contributed by atoms with Crippen LogP contribution < -0.4 is 10.6 Å². The van der Waals surface area contributed by atoms with Crippen LogP contribution in [-0.4, -0.2) is 73.4 Å². The van der Waals surface area contributed by atoms with Gasteiger partial charge in [-0.15, -0.1) is 0 Å². The van der Waals surface area contributed by atoms with Gasteiger partial charge < -0.3 is 20.4 Å². The fourth-order valence-corrected chi connectivity index (χ4v) is 4.29. The highest BCUT2D eigenvalue weighted by atomic mass is 16.2. The molecule has 3 aromatic rings. The highest BCUT2D eigenvalue weighted by molar-refractivity contribution is 5.98. The molecule has 1 saturated heterocycles. The third-order valence-electron chi connectivity index (χ3n) is 6.13. The van der Waals surface area contributed by atoms with Gasteiger partial charge in [-0.1, -0.05) is 30.3 Å². The quantitative estimate of drug-likeness (QED) is 0.605. The lowest BCUT2D eigenvalue weighted by Gasteiger charge is -2.35. The Morgan fingerprint density at radius 3 is 2.39 bits per heavy atom. The van der Waals surface area contributed by atoms with Crippen molar-refractivity contribution in [1.29, 1.82) is 0 Å². The minimum absolute atomic E-state index is 0.0572. The first-order valence-corrected chi connectivity index (χ1v) is 11.4. The van der Waals surface area contributed by atoms with E-state index in [1.807, 2.05) is 67.5 Å². The van der Waals surface area contributed by atoms with Crippen molar-refractivity contribution in [3.05, 3.63) is 71.4 Å². The summed E-state index contributed by atoms with van der Waals surface area (Å²) in [4.78, 5) is 35.9. The van der Waals surface area contributed by atoms with E-state index in [1.165, 1.54) is 0 Å². The zero-order valence-corrected chi connectivity index (χ0v) is 19.3. The zero-order chi connectivity index (χ0) is 23.4. The van der Waals surface area contributed by atoms with Crippen LogP contribution in [0.15, 0.2) is 54.6 Å². The molecular formula is C26H31N5O2. The van der Waals surface area contributed by atoms with Crippen LogP contribution >= 0.6 is 0 Å². The van der Waals surface area contributed by atoms with Crippen LogP contribution in [0, 0.1) is 0 Å². The molecule has 0 bridgehead atoms. The number of rotatable bonds is 7. The van der Waals surface area contributed by atoms with Crippen molar-refractivity contribution in [3.63, 3.8) is 0 Å². The van der Waals surface area contributed by atoms with Gasteiger partial charge in [0, 0.05) is 31.7 Å². The van der Waals surface area contributed by atoms with Crippen LogP contribution in [0.2, 0.25) is 0 Å². The van der Waals surface area contributed by atoms with Crippen molar-refractivity contribution in [3.8, 4) is 0 Å². The van der Waals surface area contributed by atoms with Gasteiger partial charge in [0.15, 0.2) is 0 Å². The van der Waals surface area contributed by atoms with Gasteiger partial charge in [0.05, 0.1) is 11.3 Å². The van der Waals surface area contributed by atoms with Crippen molar-refractivity contribution < 1.29 is 9.59 Å². The lowest BCUT2D eigenvalue weighted by atomic mass is 10.1. The molecule has 0 radical (unpaired) electrons. The van der Waals surface area contributed by atoms with Gasteiger partial charge in [-0.05, 0) is 68.5 Å². The SMILES string of the molecule is CN(C)CCCc1nc(N2CCN(C(=O)c3ccc4ccccc4c3)CC2)ccc1C(N)=O. The van der Waals surface area contributed by atoms with E-state index in [1.54, 1.807) is 6.07 Å². The molecule has 0 atom stereocenters. The average molecular weight is 446 g/mol. The number of carbonyl (C=O) groups is 2. The van der Waals surface area contributed by atoms with E-state index >= 15 is 0 Å². The summed E-state index contributed by atoms with van der Waals surface area (Å²) in [6.07, 6.45) is 1.60. The second-order valence-electron chi connectivity index (χ2n) is 8.78. The molecule has 33 heavy (non-hydrogen) atoms. The Bertz CT molecular complexity index is 1150. The van der Waals surface area contributed by atoms with E-state index in [4.69, 9.17) is 10.7 Å². The van der Waals surface area contributed by atoms with Gasteiger partial charge in [-0.25, -0.2) is 4.98 Å². The van der Waals surface area contributed by atoms with Gasteiger partial charge in [0.25, 0.3) is 11.8 Å². The van der Waals surface area contributed by atoms with Gasteiger partial charge in [0.2, 0.25) is 0 Å². The number of primary amides is 1. The normalized spacial score (nSPS) is 14.2. The molecule has 1 aliphatic heterocycles. The predicted octanol–water partition coefficient (Wildman–Crippen LogP) is 2.79. The topological polar surface area (TPSA) is 82.8 Å². The van der Waals surface area contributed by atoms with E-state index in [9.17, 15) is 9.59 Å². The summed E-state index contributed by atoms with van der Waals surface area (Å²) in [6.45, 7) is 3.56. The molecule has 7 heteroatoms. The molecule has 1 aliphatic rings. The number of hydrogen-bond acceptors (Lipinski definition) is 5. The second-order valence-corrected chi connectivity index (χ2v) is 8.78. The number of anilines is 1. The number of hydrogen-bond donors (Lipinski definition) is 1. The van der Waals surface area contributed by atoms with Crippen LogP contribution in [0.25, 0.3) is 10.8 Å². The monoisotopic (exact) mass is 445 g/mol. The Morgan fingerprint density at radius 2 is 1.70 bits per heavy atom. The molecule has 4 rings (SSSR count). The molecule has 0 saturated carbocycles. The fourth-order valence-electron chi connectivity index (χ4n) is 4.29. The fraction of sp³-hybridized carbons (Fsp3) is 0.346. The first-order chi connectivity index (χ1) is 15.9. The average Bonchev–Trinajstić information content (AvgIpc) is 2.83.